The Morgan fingerprint density at radius 2 is 0.706 bits per heavy atom. The molecule has 0 aliphatic heterocycles. The lowest BCUT2D eigenvalue weighted by Crippen LogP contribution is -2.04. The molecule has 0 bridgehead atoms. The van der Waals surface area contributed by atoms with Crippen molar-refractivity contribution < 1.29 is 36.6 Å². The zero-order valence-electron chi connectivity index (χ0n) is 17.4. The van der Waals surface area contributed by atoms with Crippen LogP contribution in [0.4, 0.5) is 26.3 Å². The fraction of sp³-hybridized carbons (Fsp3) is 0.0769. The first kappa shape index (κ1) is 24.7. The molecule has 176 valence electrons. The molecule has 2 nitrogen and oxygen atoms in total. The number of rotatable bonds is 2. The first-order chi connectivity index (χ1) is 15.9. The Labute approximate surface area is 191 Å². The van der Waals surface area contributed by atoms with Crippen LogP contribution in [0, 0.1) is 0 Å². The average molecular weight is 476 g/mol. The van der Waals surface area contributed by atoms with Gasteiger partial charge in [0.1, 0.15) is 11.5 Å². The third kappa shape index (κ3) is 6.54. The largest absolute Gasteiger partial charge is 0.508 e. The summed E-state index contributed by atoms with van der Waals surface area (Å²) in [6.07, 6.45) is -8.71. The average Bonchev–Trinajstić information content (AvgIpc) is 2.79. The maximum Gasteiger partial charge on any atom is 0.416 e. The molecule has 0 spiro atoms. The molecule has 0 unspecified atom stereocenters. The van der Waals surface area contributed by atoms with E-state index in [4.69, 9.17) is 0 Å². The molecule has 0 aliphatic carbocycles. The molecular formula is C26H18F6O2. The van der Waals surface area contributed by atoms with Gasteiger partial charge in [-0.05, 0) is 70.8 Å². The van der Waals surface area contributed by atoms with Gasteiger partial charge in [-0.25, -0.2) is 0 Å². The Kier molecular flexibility index (Phi) is 7.20. The maximum absolute atomic E-state index is 12.5. The van der Waals surface area contributed by atoms with E-state index in [1.54, 1.807) is 36.4 Å². The molecule has 34 heavy (non-hydrogen) atoms. The van der Waals surface area contributed by atoms with Crippen LogP contribution in [0.1, 0.15) is 11.1 Å². The SMILES string of the molecule is Oc1cccc(-c2cccc(C(F)(F)F)c2)c1.Oc1cccc(-c2cccc(C(F)(F)F)c2)c1. The van der Waals surface area contributed by atoms with Gasteiger partial charge < -0.3 is 10.2 Å². The molecule has 0 aromatic heterocycles. The summed E-state index contributed by atoms with van der Waals surface area (Å²) in [5.41, 5.74) is 0.565. The van der Waals surface area contributed by atoms with Crippen LogP contribution in [-0.2, 0) is 12.4 Å². The minimum Gasteiger partial charge on any atom is -0.508 e. The van der Waals surface area contributed by atoms with E-state index in [2.05, 4.69) is 0 Å². The van der Waals surface area contributed by atoms with E-state index in [1.165, 1.54) is 36.4 Å². The fourth-order valence-corrected chi connectivity index (χ4v) is 3.12. The van der Waals surface area contributed by atoms with Crippen LogP contribution in [0.5, 0.6) is 11.5 Å². The predicted octanol–water partition coefficient (Wildman–Crippen LogP) is 8.16. The highest BCUT2D eigenvalue weighted by atomic mass is 19.4. The maximum atomic E-state index is 12.5. The van der Waals surface area contributed by atoms with Crippen LogP contribution < -0.4 is 0 Å². The summed E-state index contributed by atoms with van der Waals surface area (Å²) in [6.45, 7) is 0. The van der Waals surface area contributed by atoms with Crippen molar-refractivity contribution in [2.45, 2.75) is 12.4 Å². The van der Waals surface area contributed by atoms with E-state index in [-0.39, 0.29) is 11.5 Å². The number of hydrogen-bond acceptors (Lipinski definition) is 2. The van der Waals surface area contributed by atoms with E-state index in [0.717, 1.165) is 24.3 Å². The summed E-state index contributed by atoms with van der Waals surface area (Å²) >= 11 is 0. The van der Waals surface area contributed by atoms with E-state index < -0.39 is 23.5 Å². The van der Waals surface area contributed by atoms with Crippen LogP contribution >= 0.6 is 0 Å². The third-order valence-electron chi connectivity index (χ3n) is 4.74. The quantitative estimate of drug-likeness (QED) is 0.287. The lowest BCUT2D eigenvalue weighted by atomic mass is 10.0. The van der Waals surface area contributed by atoms with Gasteiger partial charge in [0.05, 0.1) is 11.1 Å². The molecule has 2 N–H and O–H groups in total. The summed E-state index contributed by atoms with van der Waals surface area (Å²) in [5.74, 6) is 0.0554. The number of alkyl halides is 6. The van der Waals surface area contributed by atoms with Gasteiger partial charge in [0, 0.05) is 0 Å². The summed E-state index contributed by atoms with van der Waals surface area (Å²) in [4.78, 5) is 0. The lowest BCUT2D eigenvalue weighted by molar-refractivity contribution is -0.138. The minimum absolute atomic E-state index is 0.0277. The number of halogens is 6. The molecule has 0 atom stereocenters. The standard InChI is InChI=1S/2C13H9F3O/c2*14-13(15,16)11-5-1-3-9(7-11)10-4-2-6-12(17)8-10/h2*1-8,17H. The number of phenolic OH excluding ortho intramolecular Hbond substituents is 2. The van der Waals surface area contributed by atoms with E-state index >= 15 is 0 Å². The minimum atomic E-state index is -4.35. The van der Waals surface area contributed by atoms with Crippen LogP contribution in [-0.4, -0.2) is 10.2 Å². The number of benzene rings is 4. The second-order valence-electron chi connectivity index (χ2n) is 7.26. The lowest BCUT2D eigenvalue weighted by Gasteiger charge is -2.09. The van der Waals surface area contributed by atoms with Gasteiger partial charge in [-0.3, -0.25) is 0 Å². The Bertz CT molecular complexity index is 1160. The van der Waals surface area contributed by atoms with E-state index in [9.17, 15) is 36.6 Å². The number of aromatic hydroxyl groups is 2. The molecule has 0 fully saturated rings. The number of phenols is 2. The van der Waals surface area contributed by atoms with Crippen molar-refractivity contribution in [3.05, 3.63) is 108 Å². The summed E-state index contributed by atoms with van der Waals surface area (Å²) < 4.78 is 75.1. The Hall–Kier alpha value is -3.94. The molecular weight excluding hydrogens is 458 g/mol. The highest BCUT2D eigenvalue weighted by Gasteiger charge is 2.31. The van der Waals surface area contributed by atoms with E-state index in [0.29, 0.717) is 22.3 Å². The van der Waals surface area contributed by atoms with Crippen molar-refractivity contribution >= 4 is 0 Å². The summed E-state index contributed by atoms with van der Waals surface area (Å²) in [7, 11) is 0. The first-order valence-electron chi connectivity index (χ1n) is 9.87. The molecule has 0 saturated carbocycles. The molecule has 4 aromatic carbocycles. The van der Waals surface area contributed by atoms with E-state index in [1.807, 2.05) is 0 Å². The highest BCUT2D eigenvalue weighted by molar-refractivity contribution is 5.66. The van der Waals surface area contributed by atoms with Gasteiger partial charge in [0.15, 0.2) is 0 Å². The van der Waals surface area contributed by atoms with Crippen LogP contribution in [0.15, 0.2) is 97.1 Å². The topological polar surface area (TPSA) is 40.5 Å². The molecule has 0 amide bonds. The molecule has 0 heterocycles. The first-order valence-corrected chi connectivity index (χ1v) is 9.87. The van der Waals surface area contributed by atoms with Crippen molar-refractivity contribution in [3.63, 3.8) is 0 Å². The van der Waals surface area contributed by atoms with Gasteiger partial charge in [-0.2, -0.15) is 26.3 Å². The zero-order chi connectivity index (χ0) is 24.9. The summed E-state index contributed by atoms with van der Waals surface area (Å²) in [6, 6.07) is 22.3. The van der Waals surface area contributed by atoms with Crippen molar-refractivity contribution in [1.82, 2.24) is 0 Å². The van der Waals surface area contributed by atoms with Gasteiger partial charge in [0.2, 0.25) is 0 Å². The Balaban J connectivity index is 0.000000191. The van der Waals surface area contributed by atoms with Crippen molar-refractivity contribution in [2.24, 2.45) is 0 Å². The molecule has 0 aliphatic rings. The fourth-order valence-electron chi connectivity index (χ4n) is 3.12. The van der Waals surface area contributed by atoms with Crippen LogP contribution in [0.3, 0.4) is 0 Å². The Morgan fingerprint density at radius 1 is 0.412 bits per heavy atom. The second kappa shape index (κ2) is 9.91. The number of hydrogen-bond donors (Lipinski definition) is 2. The zero-order valence-corrected chi connectivity index (χ0v) is 17.4. The smallest absolute Gasteiger partial charge is 0.416 e. The molecule has 0 saturated heterocycles. The molecule has 8 heteroatoms. The molecule has 4 aromatic rings. The van der Waals surface area contributed by atoms with Crippen molar-refractivity contribution in [2.75, 3.05) is 0 Å². The normalized spacial score (nSPS) is 11.5. The van der Waals surface area contributed by atoms with Crippen LogP contribution in [0.25, 0.3) is 22.3 Å². The monoisotopic (exact) mass is 476 g/mol. The molecule has 0 radical (unpaired) electrons. The van der Waals surface area contributed by atoms with Gasteiger partial charge >= 0.3 is 12.4 Å². The highest BCUT2D eigenvalue weighted by Crippen LogP contribution is 2.34. The van der Waals surface area contributed by atoms with Gasteiger partial charge in [-0.15, -0.1) is 0 Å². The van der Waals surface area contributed by atoms with Crippen molar-refractivity contribution in [1.29, 1.82) is 0 Å². The van der Waals surface area contributed by atoms with Gasteiger partial charge in [0.25, 0.3) is 0 Å². The second-order valence-corrected chi connectivity index (χ2v) is 7.26. The van der Waals surface area contributed by atoms with Gasteiger partial charge in [-0.1, -0.05) is 48.5 Å². The molecule has 4 rings (SSSR count). The van der Waals surface area contributed by atoms with Crippen LogP contribution in [0.2, 0.25) is 0 Å². The third-order valence-corrected chi connectivity index (χ3v) is 4.74. The van der Waals surface area contributed by atoms with Crippen molar-refractivity contribution in [3.8, 4) is 33.8 Å². The Morgan fingerprint density at radius 3 is 1.00 bits per heavy atom. The predicted molar refractivity (Wildman–Crippen MR) is 117 cm³/mol. The summed E-state index contributed by atoms with van der Waals surface area (Å²) in [5, 5.41) is 18.6.